The van der Waals surface area contributed by atoms with Crippen molar-refractivity contribution in [2.24, 2.45) is 10.7 Å². The van der Waals surface area contributed by atoms with E-state index in [-0.39, 0.29) is 11.9 Å². The molecule has 6 nitrogen and oxygen atoms in total. The van der Waals surface area contributed by atoms with Crippen LogP contribution in [0.4, 0.5) is 5.69 Å². The number of aryl methyl sites for hydroxylation is 1. The van der Waals surface area contributed by atoms with E-state index in [2.05, 4.69) is 15.6 Å². The zero-order valence-electron chi connectivity index (χ0n) is 16.9. The molecule has 1 amide bonds. The topological polar surface area (TPSA) is 88.7 Å². The van der Waals surface area contributed by atoms with Gasteiger partial charge in [-0.1, -0.05) is 24.3 Å². The van der Waals surface area contributed by atoms with Gasteiger partial charge in [0.15, 0.2) is 5.96 Å². The number of benzene rings is 2. The van der Waals surface area contributed by atoms with E-state index in [0.717, 1.165) is 22.6 Å². The third-order valence-corrected chi connectivity index (χ3v) is 4.20. The van der Waals surface area contributed by atoms with Gasteiger partial charge in [-0.05, 0) is 62.6 Å². The van der Waals surface area contributed by atoms with Crippen molar-refractivity contribution in [1.82, 2.24) is 5.32 Å². The molecule has 1 atom stereocenters. The Kier molecular flexibility index (Phi) is 8.34. The van der Waals surface area contributed by atoms with Crippen LogP contribution in [0.5, 0.6) is 5.75 Å². The summed E-state index contributed by atoms with van der Waals surface area (Å²) in [7, 11) is 0. The van der Waals surface area contributed by atoms with Crippen molar-refractivity contribution in [3.05, 3.63) is 59.7 Å². The number of aliphatic imine (C=N–C) groups is 1. The monoisotopic (exact) mass is 382 g/mol. The van der Waals surface area contributed by atoms with Crippen molar-refractivity contribution < 1.29 is 9.53 Å². The minimum absolute atomic E-state index is 0.00167. The number of ether oxygens (including phenoxy) is 1. The third kappa shape index (κ3) is 7.31. The Balaban J connectivity index is 1.71. The fourth-order valence-corrected chi connectivity index (χ4v) is 2.77. The Bertz CT molecular complexity index is 787. The van der Waals surface area contributed by atoms with Crippen molar-refractivity contribution >= 4 is 17.6 Å². The summed E-state index contributed by atoms with van der Waals surface area (Å²) in [6, 6.07) is 15.6. The summed E-state index contributed by atoms with van der Waals surface area (Å²) in [5, 5.41) is 6.06. The number of nitrogens with zero attached hydrogens (tertiary/aromatic N) is 1. The van der Waals surface area contributed by atoms with Gasteiger partial charge in [0.1, 0.15) is 5.75 Å². The molecule has 6 heteroatoms. The molecule has 0 fully saturated rings. The molecule has 2 aromatic carbocycles. The first-order valence-corrected chi connectivity index (χ1v) is 9.63. The first-order chi connectivity index (χ1) is 13.5. The number of rotatable bonds is 9. The van der Waals surface area contributed by atoms with Gasteiger partial charge in [0.25, 0.3) is 0 Å². The number of nitrogens with two attached hydrogens (primary N) is 1. The van der Waals surface area contributed by atoms with E-state index in [4.69, 9.17) is 10.5 Å². The van der Waals surface area contributed by atoms with Crippen molar-refractivity contribution in [3.63, 3.8) is 0 Å². The van der Waals surface area contributed by atoms with Gasteiger partial charge >= 0.3 is 0 Å². The second kappa shape index (κ2) is 11.0. The Morgan fingerprint density at radius 2 is 1.96 bits per heavy atom. The average Bonchev–Trinajstić information content (AvgIpc) is 2.66. The molecule has 0 saturated heterocycles. The lowest BCUT2D eigenvalue weighted by atomic mass is 10.1. The highest BCUT2D eigenvalue weighted by Gasteiger charge is 2.09. The lowest BCUT2D eigenvalue weighted by Crippen LogP contribution is -2.26. The van der Waals surface area contributed by atoms with E-state index in [1.807, 2.05) is 69.3 Å². The zero-order chi connectivity index (χ0) is 20.4. The standard InChI is InChI=1S/C22H30N4O2/c1-4-28-20-12-10-18(11-13-20)17(3)25-21(27)9-6-14-24-22(23)26-19-8-5-7-16(2)15-19/h5,7-8,10-13,15,17H,4,6,9,14H2,1-3H3,(H,25,27)(H3,23,24,26). The summed E-state index contributed by atoms with van der Waals surface area (Å²) in [4.78, 5) is 16.4. The van der Waals surface area contributed by atoms with Crippen molar-refractivity contribution in [2.45, 2.75) is 39.7 Å². The molecule has 150 valence electrons. The molecule has 0 aliphatic heterocycles. The van der Waals surface area contributed by atoms with Crippen LogP contribution in [-0.2, 0) is 4.79 Å². The lowest BCUT2D eigenvalue weighted by molar-refractivity contribution is -0.121. The fourth-order valence-electron chi connectivity index (χ4n) is 2.77. The molecule has 1 unspecified atom stereocenters. The second-order valence-corrected chi connectivity index (χ2v) is 6.66. The third-order valence-electron chi connectivity index (χ3n) is 4.20. The lowest BCUT2D eigenvalue weighted by Gasteiger charge is -2.15. The summed E-state index contributed by atoms with van der Waals surface area (Å²) >= 11 is 0. The van der Waals surface area contributed by atoms with Crippen LogP contribution < -0.4 is 21.1 Å². The van der Waals surface area contributed by atoms with Crippen LogP contribution in [-0.4, -0.2) is 25.0 Å². The molecule has 0 heterocycles. The van der Waals surface area contributed by atoms with Gasteiger partial charge in [-0.3, -0.25) is 9.79 Å². The normalized spacial score (nSPS) is 12.3. The first-order valence-electron chi connectivity index (χ1n) is 9.63. The number of amides is 1. The molecule has 4 N–H and O–H groups in total. The van der Waals surface area contributed by atoms with Crippen LogP contribution in [0.25, 0.3) is 0 Å². The van der Waals surface area contributed by atoms with Crippen LogP contribution in [0.15, 0.2) is 53.5 Å². The van der Waals surface area contributed by atoms with Crippen molar-refractivity contribution in [1.29, 1.82) is 0 Å². The highest BCUT2D eigenvalue weighted by atomic mass is 16.5. The predicted octanol–water partition coefficient (Wildman–Crippen LogP) is 3.78. The van der Waals surface area contributed by atoms with Gasteiger partial charge in [-0.15, -0.1) is 0 Å². The van der Waals surface area contributed by atoms with Crippen LogP contribution in [0.2, 0.25) is 0 Å². The van der Waals surface area contributed by atoms with Gasteiger partial charge < -0.3 is 21.1 Å². The Morgan fingerprint density at radius 1 is 1.21 bits per heavy atom. The minimum atomic E-state index is -0.0558. The maximum atomic E-state index is 12.1. The number of guanidine groups is 1. The van der Waals surface area contributed by atoms with E-state index in [0.29, 0.717) is 32.0 Å². The van der Waals surface area contributed by atoms with Crippen LogP contribution in [0, 0.1) is 6.92 Å². The van der Waals surface area contributed by atoms with Crippen molar-refractivity contribution in [3.8, 4) is 5.75 Å². The molecule has 0 radical (unpaired) electrons. The molecular formula is C22H30N4O2. The number of hydrogen-bond acceptors (Lipinski definition) is 3. The molecule has 0 spiro atoms. The molecule has 28 heavy (non-hydrogen) atoms. The molecule has 0 saturated carbocycles. The molecule has 0 bridgehead atoms. The fraction of sp³-hybridized carbons (Fsp3) is 0.364. The van der Waals surface area contributed by atoms with Crippen LogP contribution in [0.1, 0.15) is 43.9 Å². The molecule has 2 rings (SSSR count). The summed E-state index contributed by atoms with van der Waals surface area (Å²) in [6.07, 6.45) is 1.04. The van der Waals surface area contributed by atoms with E-state index >= 15 is 0 Å². The summed E-state index contributed by atoms with van der Waals surface area (Å²) in [5.74, 6) is 1.19. The van der Waals surface area contributed by atoms with Gasteiger partial charge in [-0.2, -0.15) is 0 Å². The van der Waals surface area contributed by atoms with E-state index in [9.17, 15) is 4.79 Å². The maximum Gasteiger partial charge on any atom is 0.220 e. The van der Waals surface area contributed by atoms with Gasteiger partial charge in [-0.25, -0.2) is 0 Å². The maximum absolute atomic E-state index is 12.1. The van der Waals surface area contributed by atoms with Gasteiger partial charge in [0.2, 0.25) is 5.91 Å². The number of anilines is 1. The molecule has 0 aliphatic rings. The summed E-state index contributed by atoms with van der Waals surface area (Å²) in [5.41, 5.74) is 8.99. The highest BCUT2D eigenvalue weighted by molar-refractivity contribution is 5.92. The van der Waals surface area contributed by atoms with E-state index in [1.165, 1.54) is 0 Å². The molecule has 0 aromatic heterocycles. The quantitative estimate of drug-likeness (QED) is 0.350. The number of carbonyl (C=O) groups is 1. The number of hydrogen-bond donors (Lipinski definition) is 3. The van der Waals surface area contributed by atoms with Crippen molar-refractivity contribution in [2.75, 3.05) is 18.5 Å². The first kappa shape index (κ1) is 21.3. The highest BCUT2D eigenvalue weighted by Crippen LogP contribution is 2.17. The molecule has 0 aliphatic carbocycles. The summed E-state index contributed by atoms with van der Waals surface area (Å²) < 4.78 is 5.43. The van der Waals surface area contributed by atoms with Crippen LogP contribution >= 0.6 is 0 Å². The average molecular weight is 383 g/mol. The summed E-state index contributed by atoms with van der Waals surface area (Å²) in [6.45, 7) is 7.07. The Hall–Kier alpha value is -3.02. The number of nitrogens with one attached hydrogen (secondary N) is 2. The smallest absolute Gasteiger partial charge is 0.220 e. The van der Waals surface area contributed by atoms with E-state index < -0.39 is 0 Å². The number of carbonyl (C=O) groups excluding carboxylic acids is 1. The Morgan fingerprint density at radius 3 is 2.64 bits per heavy atom. The SMILES string of the molecule is CCOc1ccc(C(C)NC(=O)CCCN=C(N)Nc2cccc(C)c2)cc1. The van der Waals surface area contributed by atoms with E-state index in [1.54, 1.807) is 0 Å². The van der Waals surface area contributed by atoms with Gasteiger partial charge in [0, 0.05) is 18.7 Å². The predicted molar refractivity (Wildman–Crippen MR) is 115 cm³/mol. The largest absolute Gasteiger partial charge is 0.494 e. The van der Waals surface area contributed by atoms with Gasteiger partial charge in [0.05, 0.1) is 12.6 Å². The second-order valence-electron chi connectivity index (χ2n) is 6.66. The minimum Gasteiger partial charge on any atom is -0.494 e. The van der Waals surface area contributed by atoms with Crippen LogP contribution in [0.3, 0.4) is 0 Å². The Labute approximate surface area is 167 Å². The molecule has 2 aromatic rings. The zero-order valence-corrected chi connectivity index (χ0v) is 16.9. The molecular weight excluding hydrogens is 352 g/mol.